The molecule has 1 aliphatic rings. The number of aromatic nitrogens is 2. The summed E-state index contributed by atoms with van der Waals surface area (Å²) in [4.78, 5) is 54.5. The largest absolute Gasteiger partial charge is 2.00 e. The smallest absolute Gasteiger partial charge is 0.550 e. The number of aliphatic carboxylic acids is 2. The first kappa shape index (κ1) is 26.6. The van der Waals surface area contributed by atoms with Crippen LogP contribution >= 0.6 is 0 Å². The van der Waals surface area contributed by atoms with Crippen molar-refractivity contribution in [2.24, 2.45) is 0 Å². The summed E-state index contributed by atoms with van der Waals surface area (Å²) in [5, 5.41) is 30.2. The second-order valence-corrected chi connectivity index (χ2v) is 7.51. The zero-order valence-electron chi connectivity index (χ0n) is 18.4. The molecule has 0 fully saturated rings. The number of hydrogen-bond donors (Lipinski definition) is 5. The number of fused-ring (bicyclic) bond motifs is 1. The Bertz CT molecular complexity index is 1110. The molecule has 0 saturated carbocycles. The molecule has 3 rings (SSSR count). The fourth-order valence-corrected chi connectivity index (χ4v) is 3.41. The van der Waals surface area contributed by atoms with Gasteiger partial charge < -0.3 is 46.4 Å². The Hall–Kier alpha value is -3.67. The van der Waals surface area contributed by atoms with E-state index in [0.29, 0.717) is 30.3 Å². The van der Waals surface area contributed by atoms with Crippen LogP contribution in [0.4, 0.5) is 23.1 Å². The van der Waals surface area contributed by atoms with Crippen molar-refractivity contribution in [3.05, 3.63) is 40.2 Å². The molecule has 176 valence electrons. The third-order valence-corrected chi connectivity index (χ3v) is 5.23. The molecule has 13 nitrogen and oxygen atoms in total. The van der Waals surface area contributed by atoms with Gasteiger partial charge in [0.25, 0.3) is 11.5 Å². The number of amides is 1. The molecule has 6 N–H and O–H groups in total. The standard InChI is InChI=1S/C20H25N7O6.Zn/c1-27-12(9-23-16-15(27)18(31)26-20(21)25-16)8-22-11-4-2-10(3-5-11)17(30)24-13(19(32)33)6-7-14(28)29;/h2-5,12-13,22H,6-9H2,1H3,(H,24,30)(H,28,29)(H,32,33)(H4,21,23,25,26,31);/q;+2/p-2/t12-,13?;/m0./s1. The van der Waals surface area contributed by atoms with Gasteiger partial charge in [0.2, 0.25) is 5.95 Å². The van der Waals surface area contributed by atoms with Crippen LogP contribution in [0.15, 0.2) is 29.1 Å². The van der Waals surface area contributed by atoms with Crippen molar-refractivity contribution < 1.29 is 44.1 Å². The molecule has 1 amide bonds. The van der Waals surface area contributed by atoms with E-state index in [1.54, 1.807) is 24.1 Å². The molecule has 0 radical (unpaired) electrons. The summed E-state index contributed by atoms with van der Waals surface area (Å²) in [6.07, 6.45) is -0.862. The van der Waals surface area contributed by atoms with Crippen molar-refractivity contribution in [2.75, 3.05) is 41.4 Å². The number of aromatic amines is 1. The number of anilines is 4. The van der Waals surface area contributed by atoms with Gasteiger partial charge in [0.1, 0.15) is 5.69 Å². The number of nitrogens with zero attached hydrogens (tertiary/aromatic N) is 2. The van der Waals surface area contributed by atoms with Crippen molar-refractivity contribution in [1.82, 2.24) is 15.3 Å². The first-order valence-corrected chi connectivity index (χ1v) is 10.1. The fourth-order valence-electron chi connectivity index (χ4n) is 3.41. The number of nitrogen functional groups attached to an aromatic ring is 1. The van der Waals surface area contributed by atoms with Crippen LogP contribution < -0.4 is 42.4 Å². The monoisotopic (exact) mass is 521 g/mol. The zero-order valence-corrected chi connectivity index (χ0v) is 21.4. The molecule has 2 heterocycles. The first-order chi connectivity index (χ1) is 15.7. The van der Waals surface area contributed by atoms with Crippen LogP contribution in [0, 0.1) is 0 Å². The van der Waals surface area contributed by atoms with Crippen molar-refractivity contribution >= 4 is 41.0 Å². The Morgan fingerprint density at radius 3 is 2.56 bits per heavy atom. The predicted octanol–water partition coefficient (Wildman–Crippen LogP) is -2.93. The molecule has 0 saturated heterocycles. The van der Waals surface area contributed by atoms with Gasteiger partial charge in [0.15, 0.2) is 5.82 Å². The van der Waals surface area contributed by atoms with Gasteiger partial charge in [-0.3, -0.25) is 14.6 Å². The number of carbonyl (C=O) groups is 3. The molecular formula is C20H23N7O6Zn. The van der Waals surface area contributed by atoms with Crippen LogP contribution in [0.2, 0.25) is 0 Å². The Morgan fingerprint density at radius 1 is 1.26 bits per heavy atom. The van der Waals surface area contributed by atoms with E-state index in [2.05, 4.69) is 25.9 Å². The Balaban J connectivity index is 0.00000408. The topological polar surface area (TPSA) is 208 Å². The minimum absolute atomic E-state index is 0. The maximum absolute atomic E-state index is 12.3. The molecule has 14 heteroatoms. The first-order valence-electron chi connectivity index (χ1n) is 10.1. The summed E-state index contributed by atoms with van der Waals surface area (Å²) in [7, 11) is 1.78. The predicted molar refractivity (Wildman–Crippen MR) is 115 cm³/mol. The van der Waals surface area contributed by atoms with E-state index < -0.39 is 30.3 Å². The molecule has 2 atom stereocenters. The van der Waals surface area contributed by atoms with Gasteiger partial charge in [-0.1, -0.05) is 0 Å². The zero-order chi connectivity index (χ0) is 24.1. The van der Waals surface area contributed by atoms with Gasteiger partial charge in [0.05, 0.1) is 18.1 Å². The van der Waals surface area contributed by atoms with Crippen LogP contribution in [0.3, 0.4) is 0 Å². The number of benzene rings is 1. The quantitative estimate of drug-likeness (QED) is 0.210. The average Bonchev–Trinajstić information content (AvgIpc) is 2.75. The van der Waals surface area contributed by atoms with Gasteiger partial charge >= 0.3 is 19.5 Å². The Morgan fingerprint density at radius 2 is 1.94 bits per heavy atom. The van der Waals surface area contributed by atoms with Gasteiger partial charge in [-0.15, -0.1) is 0 Å². The summed E-state index contributed by atoms with van der Waals surface area (Å²) in [5.41, 5.74) is 6.51. The maximum atomic E-state index is 12.3. The third kappa shape index (κ3) is 6.44. The number of carbonyl (C=O) groups excluding carboxylic acids is 3. The van der Waals surface area contributed by atoms with Crippen LogP contribution in [-0.4, -0.2) is 60.0 Å². The van der Waals surface area contributed by atoms with Gasteiger partial charge in [0, 0.05) is 37.4 Å². The van der Waals surface area contributed by atoms with Crippen molar-refractivity contribution in [3.63, 3.8) is 0 Å². The molecule has 2 aromatic rings. The number of likely N-dealkylation sites (N-methyl/N-ethyl adjacent to an activating group) is 1. The van der Waals surface area contributed by atoms with E-state index >= 15 is 0 Å². The number of H-pyrrole nitrogens is 1. The van der Waals surface area contributed by atoms with E-state index in [4.69, 9.17) is 5.73 Å². The normalized spacial score (nSPS) is 15.2. The molecule has 1 aromatic heterocycles. The van der Waals surface area contributed by atoms with E-state index in [9.17, 15) is 29.4 Å². The van der Waals surface area contributed by atoms with Gasteiger partial charge in [-0.2, -0.15) is 4.98 Å². The Labute approximate surface area is 206 Å². The molecule has 34 heavy (non-hydrogen) atoms. The summed E-state index contributed by atoms with van der Waals surface area (Å²) in [6.45, 7) is 0.984. The van der Waals surface area contributed by atoms with Crippen LogP contribution in [-0.2, 0) is 29.1 Å². The van der Waals surface area contributed by atoms with Crippen molar-refractivity contribution in [1.29, 1.82) is 0 Å². The Kier molecular flexibility index (Phi) is 8.96. The van der Waals surface area contributed by atoms with E-state index in [1.807, 2.05) is 0 Å². The fraction of sp³-hybridized carbons (Fsp3) is 0.350. The van der Waals surface area contributed by atoms with E-state index in [-0.39, 0.29) is 49.0 Å². The van der Waals surface area contributed by atoms with Gasteiger partial charge in [-0.05, 0) is 37.1 Å². The summed E-state index contributed by atoms with van der Waals surface area (Å²) in [5.74, 6) is -3.22. The maximum Gasteiger partial charge on any atom is 2.00 e. The number of nitrogens with two attached hydrogens (primary N) is 1. The summed E-state index contributed by atoms with van der Waals surface area (Å²) < 4.78 is 0. The minimum atomic E-state index is -1.58. The number of nitrogens with one attached hydrogen (secondary N) is 4. The van der Waals surface area contributed by atoms with Crippen molar-refractivity contribution in [3.8, 4) is 0 Å². The third-order valence-electron chi connectivity index (χ3n) is 5.23. The molecule has 0 aliphatic carbocycles. The van der Waals surface area contributed by atoms with Crippen LogP contribution in [0.1, 0.15) is 23.2 Å². The molecule has 0 bridgehead atoms. The van der Waals surface area contributed by atoms with Crippen molar-refractivity contribution in [2.45, 2.75) is 24.9 Å². The molecule has 1 aromatic carbocycles. The minimum Gasteiger partial charge on any atom is -0.550 e. The molecular weight excluding hydrogens is 500 g/mol. The van der Waals surface area contributed by atoms with E-state index in [0.717, 1.165) is 0 Å². The summed E-state index contributed by atoms with van der Waals surface area (Å²) in [6, 6.07) is 4.75. The average molecular weight is 523 g/mol. The number of carboxylic acid groups (broad SMARTS) is 2. The second-order valence-electron chi connectivity index (χ2n) is 7.51. The SMILES string of the molecule is CN1c2c(nc(N)[nH]c2=O)NC[C@@H]1CNc1ccc(C(=O)NC(CCC(=O)[O-])C(=O)[O-])cc1.[Zn+2]. The molecule has 1 aliphatic heterocycles. The van der Waals surface area contributed by atoms with Gasteiger partial charge in [-0.25, -0.2) is 0 Å². The second kappa shape index (κ2) is 11.5. The van der Waals surface area contributed by atoms with Crippen LogP contribution in [0.5, 0.6) is 0 Å². The van der Waals surface area contributed by atoms with Crippen LogP contribution in [0.25, 0.3) is 0 Å². The number of rotatable bonds is 9. The molecule has 1 unspecified atom stereocenters. The van der Waals surface area contributed by atoms with E-state index in [1.165, 1.54) is 12.1 Å². The number of carboxylic acids is 2. The summed E-state index contributed by atoms with van der Waals surface area (Å²) >= 11 is 0. The number of hydrogen-bond acceptors (Lipinski definition) is 11. The molecule has 0 spiro atoms.